The van der Waals surface area contributed by atoms with Gasteiger partial charge >= 0.3 is 0 Å². The zero-order chi connectivity index (χ0) is 14.2. The van der Waals surface area contributed by atoms with Crippen molar-refractivity contribution in [1.29, 1.82) is 0 Å². The molecule has 0 bridgehead atoms. The molecule has 1 saturated carbocycles. The Balaban J connectivity index is 2.11. The average molecular weight is 266 g/mol. The molecule has 1 saturated heterocycles. The van der Waals surface area contributed by atoms with E-state index in [-0.39, 0.29) is 23.3 Å². The Labute approximate surface area is 115 Å². The number of rotatable bonds is 3. The summed E-state index contributed by atoms with van der Waals surface area (Å²) >= 11 is 0. The van der Waals surface area contributed by atoms with Crippen molar-refractivity contribution < 1.29 is 9.59 Å². The molecule has 2 rings (SSSR count). The van der Waals surface area contributed by atoms with Crippen LogP contribution in [-0.2, 0) is 9.59 Å². The first kappa shape index (κ1) is 14.4. The summed E-state index contributed by atoms with van der Waals surface area (Å²) in [6.07, 6.45) is 3.91. The highest BCUT2D eigenvalue weighted by Gasteiger charge is 2.47. The molecule has 0 spiro atoms. The van der Waals surface area contributed by atoms with E-state index in [1.807, 2.05) is 25.7 Å². The van der Waals surface area contributed by atoms with Crippen molar-refractivity contribution in [3.63, 3.8) is 0 Å². The molecule has 19 heavy (non-hydrogen) atoms. The van der Waals surface area contributed by atoms with Crippen LogP contribution in [-0.4, -0.2) is 35.3 Å². The van der Waals surface area contributed by atoms with Gasteiger partial charge in [0.2, 0.25) is 11.8 Å². The van der Waals surface area contributed by atoms with Gasteiger partial charge in [-0.05, 0) is 24.2 Å². The molecule has 0 aromatic heterocycles. The molecule has 2 aliphatic rings. The molecular weight excluding hydrogens is 240 g/mol. The second kappa shape index (κ2) is 5.14. The zero-order valence-corrected chi connectivity index (χ0v) is 12.5. The molecule has 1 aliphatic heterocycles. The number of carbonyl (C=O) groups is 2. The number of hydrogen-bond acceptors (Lipinski definition) is 2. The first-order valence-electron chi connectivity index (χ1n) is 7.44. The Morgan fingerprint density at radius 1 is 1.32 bits per heavy atom. The lowest BCUT2D eigenvalue weighted by Crippen LogP contribution is -2.52. The smallest absolute Gasteiger partial charge is 0.245 e. The van der Waals surface area contributed by atoms with Gasteiger partial charge in [-0.2, -0.15) is 0 Å². The number of carbonyl (C=O) groups excluding carboxylic acids is 2. The summed E-state index contributed by atoms with van der Waals surface area (Å²) in [5, 5.41) is 2.90. The quantitative estimate of drug-likeness (QED) is 0.848. The number of nitrogens with one attached hydrogen (secondary N) is 1. The molecular formula is C15H26N2O2. The molecule has 4 heteroatoms. The van der Waals surface area contributed by atoms with Crippen LogP contribution in [0.3, 0.4) is 0 Å². The molecule has 1 aliphatic carbocycles. The zero-order valence-electron chi connectivity index (χ0n) is 12.5. The van der Waals surface area contributed by atoms with Gasteiger partial charge in [-0.1, -0.05) is 34.1 Å². The summed E-state index contributed by atoms with van der Waals surface area (Å²) in [6.45, 7) is 8.80. The third kappa shape index (κ3) is 3.10. The normalized spacial score (nSPS) is 32.0. The summed E-state index contributed by atoms with van der Waals surface area (Å²) in [6, 6.07) is -0.00428. The highest BCUT2D eigenvalue weighted by molar-refractivity contribution is 5.91. The molecule has 3 atom stereocenters. The first-order valence-corrected chi connectivity index (χ1v) is 7.44. The van der Waals surface area contributed by atoms with E-state index in [0.717, 1.165) is 6.42 Å². The Morgan fingerprint density at radius 2 is 2.00 bits per heavy atom. The van der Waals surface area contributed by atoms with E-state index in [1.165, 1.54) is 12.8 Å². The third-order valence-electron chi connectivity index (χ3n) is 4.23. The standard InChI is InChI=1S/C15H26N2O2/c1-5-6-10-9-11(10)17-8-7-12(18)16-13(14(17)19)15(2,3)4/h10-11,13H,5-9H2,1-4H3,(H,16,18). The van der Waals surface area contributed by atoms with Crippen LogP contribution < -0.4 is 5.32 Å². The van der Waals surface area contributed by atoms with Crippen molar-refractivity contribution in [2.24, 2.45) is 11.3 Å². The maximum absolute atomic E-state index is 12.7. The van der Waals surface area contributed by atoms with Crippen molar-refractivity contribution in [3.05, 3.63) is 0 Å². The number of hydrogen-bond donors (Lipinski definition) is 1. The van der Waals surface area contributed by atoms with Crippen molar-refractivity contribution in [3.8, 4) is 0 Å². The van der Waals surface area contributed by atoms with E-state index in [0.29, 0.717) is 24.9 Å². The van der Waals surface area contributed by atoms with Crippen molar-refractivity contribution in [2.45, 2.75) is 65.5 Å². The Bertz CT molecular complexity index is 373. The minimum atomic E-state index is -0.384. The molecule has 1 N–H and O–H groups in total. The van der Waals surface area contributed by atoms with Crippen LogP contribution in [0.2, 0.25) is 0 Å². The molecule has 2 fully saturated rings. The number of nitrogens with zero attached hydrogens (tertiary/aromatic N) is 1. The van der Waals surface area contributed by atoms with Crippen LogP contribution in [0.25, 0.3) is 0 Å². The van der Waals surface area contributed by atoms with E-state index < -0.39 is 0 Å². The van der Waals surface area contributed by atoms with Crippen molar-refractivity contribution in [2.75, 3.05) is 6.54 Å². The van der Waals surface area contributed by atoms with Gasteiger partial charge in [0.25, 0.3) is 0 Å². The Kier molecular flexibility index (Phi) is 3.88. The van der Waals surface area contributed by atoms with Gasteiger partial charge in [-0.25, -0.2) is 0 Å². The van der Waals surface area contributed by atoms with E-state index >= 15 is 0 Å². The van der Waals surface area contributed by atoms with E-state index in [9.17, 15) is 9.59 Å². The van der Waals surface area contributed by atoms with Gasteiger partial charge in [0, 0.05) is 19.0 Å². The highest BCUT2D eigenvalue weighted by atomic mass is 16.2. The summed E-state index contributed by atoms with van der Waals surface area (Å²) in [5.74, 6) is 0.771. The minimum absolute atomic E-state index is 0.00321. The minimum Gasteiger partial charge on any atom is -0.344 e. The number of amides is 2. The lowest BCUT2D eigenvalue weighted by molar-refractivity contribution is -0.137. The van der Waals surface area contributed by atoms with Crippen molar-refractivity contribution in [1.82, 2.24) is 10.2 Å². The van der Waals surface area contributed by atoms with Gasteiger partial charge in [0.1, 0.15) is 6.04 Å². The topological polar surface area (TPSA) is 49.4 Å². The van der Waals surface area contributed by atoms with E-state index in [4.69, 9.17) is 0 Å². The molecule has 0 aromatic carbocycles. The lowest BCUT2D eigenvalue weighted by Gasteiger charge is -2.32. The van der Waals surface area contributed by atoms with Gasteiger partial charge in [0.05, 0.1) is 0 Å². The summed E-state index contributed by atoms with van der Waals surface area (Å²) in [4.78, 5) is 26.4. The SMILES string of the molecule is CCCC1CC1N1CCC(=O)NC(C(C)(C)C)C1=O. The van der Waals surface area contributed by atoms with Gasteiger partial charge in [-0.3, -0.25) is 9.59 Å². The molecule has 4 nitrogen and oxygen atoms in total. The van der Waals surface area contributed by atoms with Crippen LogP contribution in [0.15, 0.2) is 0 Å². The van der Waals surface area contributed by atoms with Crippen LogP contribution in [0, 0.1) is 11.3 Å². The molecule has 1 heterocycles. The van der Waals surface area contributed by atoms with Crippen LogP contribution in [0.1, 0.15) is 53.4 Å². The second-order valence-corrected chi connectivity index (χ2v) is 7.00. The molecule has 0 radical (unpaired) electrons. The van der Waals surface area contributed by atoms with Gasteiger partial charge in [-0.15, -0.1) is 0 Å². The first-order chi connectivity index (χ1) is 8.84. The van der Waals surface area contributed by atoms with Crippen LogP contribution in [0.5, 0.6) is 0 Å². The van der Waals surface area contributed by atoms with E-state index in [1.54, 1.807) is 0 Å². The largest absolute Gasteiger partial charge is 0.344 e. The van der Waals surface area contributed by atoms with Crippen molar-refractivity contribution >= 4 is 11.8 Å². The highest BCUT2D eigenvalue weighted by Crippen LogP contribution is 2.40. The van der Waals surface area contributed by atoms with Gasteiger partial charge < -0.3 is 10.2 Å². The summed E-state index contributed by atoms with van der Waals surface area (Å²) in [7, 11) is 0. The monoisotopic (exact) mass is 266 g/mol. The predicted molar refractivity (Wildman–Crippen MR) is 74.5 cm³/mol. The van der Waals surface area contributed by atoms with E-state index in [2.05, 4.69) is 12.2 Å². The second-order valence-electron chi connectivity index (χ2n) is 7.00. The molecule has 2 amide bonds. The maximum Gasteiger partial charge on any atom is 0.245 e. The summed E-state index contributed by atoms with van der Waals surface area (Å²) < 4.78 is 0. The molecule has 0 aromatic rings. The van der Waals surface area contributed by atoms with Crippen LogP contribution >= 0.6 is 0 Å². The Morgan fingerprint density at radius 3 is 2.58 bits per heavy atom. The third-order valence-corrected chi connectivity index (χ3v) is 4.23. The fourth-order valence-corrected chi connectivity index (χ4v) is 3.00. The lowest BCUT2D eigenvalue weighted by atomic mass is 9.86. The van der Waals surface area contributed by atoms with Gasteiger partial charge in [0.15, 0.2) is 0 Å². The molecule has 3 unspecified atom stereocenters. The fourth-order valence-electron chi connectivity index (χ4n) is 3.00. The average Bonchev–Trinajstić information content (AvgIpc) is 3.04. The molecule has 108 valence electrons. The fraction of sp³-hybridized carbons (Fsp3) is 0.867. The van der Waals surface area contributed by atoms with Crippen LogP contribution in [0.4, 0.5) is 0 Å². The maximum atomic E-state index is 12.7. The predicted octanol–water partition coefficient (Wildman–Crippen LogP) is 1.94. The summed E-state index contributed by atoms with van der Waals surface area (Å²) in [5.41, 5.74) is -0.232. The Hall–Kier alpha value is -1.06.